The van der Waals surface area contributed by atoms with Crippen molar-refractivity contribution in [3.8, 4) is 0 Å². The Labute approximate surface area is 140 Å². The van der Waals surface area contributed by atoms with Crippen molar-refractivity contribution in [2.45, 2.75) is 0 Å². The average molecular weight is 340 g/mol. The summed E-state index contributed by atoms with van der Waals surface area (Å²) in [6, 6.07) is 0. The molecular weight excluding hydrogens is 332 g/mol. The molecule has 0 fully saturated rings. The van der Waals surface area contributed by atoms with E-state index in [9.17, 15) is 0 Å². The zero-order valence-corrected chi connectivity index (χ0v) is 13.1. The van der Waals surface area contributed by atoms with Crippen LogP contribution >= 0.6 is 0 Å². The summed E-state index contributed by atoms with van der Waals surface area (Å²) < 4.78 is 0. The molecule has 0 saturated heterocycles. The van der Waals surface area contributed by atoms with Gasteiger partial charge in [0.15, 0.2) is 0 Å². The monoisotopic (exact) mass is 342 g/mol. The van der Waals surface area contributed by atoms with Crippen molar-refractivity contribution in [1.29, 1.82) is 0 Å². The van der Waals surface area contributed by atoms with E-state index >= 15 is 0 Å². The van der Waals surface area contributed by atoms with Crippen LogP contribution in [0.15, 0.2) is 0 Å². The molecule has 0 atom stereocenters. The molecule has 0 aliphatic carbocycles. The first kappa shape index (κ1) is 72.7. The third-order valence-electron chi connectivity index (χ3n) is 0. The van der Waals surface area contributed by atoms with Crippen molar-refractivity contribution in [3.05, 3.63) is 0 Å². The zero-order chi connectivity index (χ0) is 0. The van der Waals surface area contributed by atoms with Crippen molar-refractivity contribution in [2.75, 3.05) is 0 Å². The van der Waals surface area contributed by atoms with Gasteiger partial charge < -0.3 is 21.9 Å². The summed E-state index contributed by atoms with van der Waals surface area (Å²) in [5.74, 6) is 0. The first-order valence-electron chi connectivity index (χ1n) is 0. The fourth-order valence-corrected chi connectivity index (χ4v) is 0. The van der Waals surface area contributed by atoms with Crippen LogP contribution in [0.3, 0.4) is 0 Å². The molecule has 0 bridgehead atoms. The largest absolute Gasteiger partial charge is 0.412 e. The molecule has 0 aliphatic heterocycles. The molecule has 0 rings (SSSR count). The maximum Gasteiger partial charge on any atom is 0 e. The molecule has 8 N–H and O–H groups in total. The van der Waals surface area contributed by atoms with Crippen molar-refractivity contribution in [2.24, 2.45) is 0 Å². The minimum Gasteiger partial charge on any atom is -0.412 e. The van der Waals surface area contributed by atoms with Crippen LogP contribution < -0.4 is 0 Å². The van der Waals surface area contributed by atoms with Crippen LogP contribution in [0.4, 0.5) is 0 Å². The molecule has 0 aromatic heterocycles. The Morgan fingerprint density at radius 1 is 0.429 bits per heavy atom. The first-order valence-corrected chi connectivity index (χ1v) is 0. The summed E-state index contributed by atoms with van der Waals surface area (Å²) in [6.07, 6.45) is 0. The Bertz CT molecular complexity index is 9.65. The zero-order valence-electron chi connectivity index (χ0n) is 4.35. The van der Waals surface area contributed by atoms with E-state index in [1.807, 2.05) is 0 Å². The van der Waals surface area contributed by atoms with E-state index < -0.39 is 0 Å². The van der Waals surface area contributed by atoms with E-state index in [1.54, 1.807) is 0 Å². The van der Waals surface area contributed by atoms with Gasteiger partial charge in [0.05, 0.1) is 0 Å². The molecule has 7 heteroatoms. The van der Waals surface area contributed by atoms with Gasteiger partial charge in [0.2, 0.25) is 0 Å². The molecule has 0 amide bonds. The van der Waals surface area contributed by atoms with Gasteiger partial charge in [-0.15, -0.1) is 0 Å². The second kappa shape index (κ2) is 53.1. The maximum atomic E-state index is 0. The molecule has 2 radical (unpaired) electrons. The number of hydrogen-bond donors (Lipinski definition) is 0. The van der Waals surface area contributed by atoms with Crippen LogP contribution in [0.25, 0.3) is 0 Å². The minimum atomic E-state index is 0. The smallest absolute Gasteiger partial charge is 0 e. The van der Waals surface area contributed by atoms with Crippen molar-refractivity contribution in [3.63, 3.8) is 0 Å². The van der Waals surface area contributed by atoms with E-state index in [-0.39, 0.29) is 144 Å². The second-order valence-corrected chi connectivity index (χ2v) is 0. The van der Waals surface area contributed by atoms with Gasteiger partial charge >= 0.3 is 0 Å². The van der Waals surface area contributed by atoms with Gasteiger partial charge in [-0.25, -0.2) is 0 Å². The summed E-state index contributed by atoms with van der Waals surface area (Å²) >= 11 is 0. The molecule has 42 valence electrons. The fraction of sp³-hybridized carbons (Fsp3) is 0. The summed E-state index contributed by atoms with van der Waals surface area (Å²) in [5, 5.41) is 0. The molecule has 0 aromatic rings. The predicted molar refractivity (Wildman–Crippen MR) is 26.0 cm³/mol. The van der Waals surface area contributed by atoms with Gasteiger partial charge in [-0.1, -0.05) is 0 Å². The maximum absolute atomic E-state index is 0. The quantitative estimate of drug-likeness (QED) is 0.398. The third kappa shape index (κ3) is 41.6. The summed E-state index contributed by atoms with van der Waals surface area (Å²) in [6.45, 7) is 0. The SMILES string of the molecule is O.O.O.O.[K].[K].[Os]. The van der Waals surface area contributed by atoms with Gasteiger partial charge in [-0.3, -0.25) is 0 Å². The Balaban J connectivity index is 0. The van der Waals surface area contributed by atoms with E-state index in [4.69, 9.17) is 0 Å². The standard InChI is InChI=1S/2K.4H2O.Os/h;;4*1H2;. The van der Waals surface area contributed by atoms with Gasteiger partial charge in [0.1, 0.15) is 0 Å². The van der Waals surface area contributed by atoms with Gasteiger partial charge in [0.25, 0.3) is 0 Å². The van der Waals surface area contributed by atoms with Crippen molar-refractivity contribution >= 4 is 103 Å². The van der Waals surface area contributed by atoms with Crippen LogP contribution in [-0.4, -0.2) is 125 Å². The van der Waals surface area contributed by atoms with Crippen LogP contribution in [0.2, 0.25) is 0 Å². The summed E-state index contributed by atoms with van der Waals surface area (Å²) in [7, 11) is 0. The normalized spacial score (nSPS) is 0. The van der Waals surface area contributed by atoms with Gasteiger partial charge in [-0.05, 0) is 0 Å². The molecule has 0 unspecified atom stereocenters. The average Bonchev–Trinajstić information content (AvgIpc) is 0. The Hall–Kier alpha value is 3.75. The molecule has 0 heterocycles. The fourth-order valence-electron chi connectivity index (χ4n) is 0. The van der Waals surface area contributed by atoms with Crippen molar-refractivity contribution in [1.82, 2.24) is 0 Å². The predicted octanol–water partition coefficient (Wildman–Crippen LogP) is -4.06. The van der Waals surface area contributed by atoms with E-state index in [2.05, 4.69) is 0 Å². The Kier molecular flexibility index (Phi) is 551. The van der Waals surface area contributed by atoms with Crippen LogP contribution in [-0.2, 0) is 19.8 Å². The minimum absolute atomic E-state index is 0. The Morgan fingerprint density at radius 2 is 0.429 bits per heavy atom. The van der Waals surface area contributed by atoms with Crippen molar-refractivity contribution < 1.29 is 41.7 Å². The molecule has 7 heavy (non-hydrogen) atoms. The molecule has 0 aromatic carbocycles. The van der Waals surface area contributed by atoms with Crippen LogP contribution in [0.5, 0.6) is 0 Å². The number of rotatable bonds is 0. The van der Waals surface area contributed by atoms with Gasteiger partial charge in [-0.2, -0.15) is 0 Å². The molecule has 0 spiro atoms. The van der Waals surface area contributed by atoms with E-state index in [0.29, 0.717) is 0 Å². The third-order valence-corrected chi connectivity index (χ3v) is 0. The molecule has 4 nitrogen and oxygen atoms in total. The molecular formula is H8K2O4Os. The molecule has 0 saturated carbocycles. The van der Waals surface area contributed by atoms with E-state index in [1.165, 1.54) is 0 Å². The first-order chi connectivity index (χ1) is 0. The second-order valence-electron chi connectivity index (χ2n) is 0. The summed E-state index contributed by atoms with van der Waals surface area (Å²) in [5.41, 5.74) is 0. The van der Waals surface area contributed by atoms with Gasteiger partial charge in [0, 0.05) is 123 Å². The van der Waals surface area contributed by atoms with E-state index in [0.717, 1.165) is 0 Å². The van der Waals surface area contributed by atoms with Crippen LogP contribution in [0.1, 0.15) is 0 Å². The molecule has 0 aliphatic rings. The topological polar surface area (TPSA) is 126 Å². The number of hydrogen-bond acceptors (Lipinski definition) is 0. The summed E-state index contributed by atoms with van der Waals surface area (Å²) in [4.78, 5) is 0. The Morgan fingerprint density at radius 3 is 0.429 bits per heavy atom. The van der Waals surface area contributed by atoms with Crippen LogP contribution in [0, 0.1) is 0 Å².